The second kappa shape index (κ2) is 5.84. The van der Waals surface area contributed by atoms with Crippen LogP contribution in [0.1, 0.15) is 60.1 Å². The van der Waals surface area contributed by atoms with E-state index in [1.807, 2.05) is 13.8 Å². The molecule has 1 aromatic carbocycles. The van der Waals surface area contributed by atoms with Crippen molar-refractivity contribution in [3.05, 3.63) is 52.9 Å². The van der Waals surface area contributed by atoms with E-state index < -0.39 is 0 Å². The summed E-state index contributed by atoms with van der Waals surface area (Å²) < 4.78 is 7.82. The lowest BCUT2D eigenvalue weighted by Crippen LogP contribution is -2.07. The Morgan fingerprint density at radius 1 is 1.14 bits per heavy atom. The topological polar surface area (TPSA) is 59.6 Å². The molecule has 3 heterocycles. The fourth-order valence-corrected chi connectivity index (χ4v) is 4.74. The molecule has 3 aromatic heterocycles. The van der Waals surface area contributed by atoms with Crippen molar-refractivity contribution in [3.63, 3.8) is 0 Å². The predicted octanol–water partition coefficient (Wildman–Crippen LogP) is 5.38. The summed E-state index contributed by atoms with van der Waals surface area (Å²) in [6, 6.07) is 6.76. The number of H-pyrrole nitrogens is 1. The lowest BCUT2D eigenvalue weighted by Gasteiger charge is -2.17. The number of rotatable bonds is 3. The van der Waals surface area contributed by atoms with Gasteiger partial charge in [0, 0.05) is 23.4 Å². The zero-order valence-corrected chi connectivity index (χ0v) is 16.4. The summed E-state index contributed by atoms with van der Waals surface area (Å²) in [5.41, 5.74) is 9.43. The lowest BCUT2D eigenvalue weighted by atomic mass is 9.97. The van der Waals surface area contributed by atoms with Gasteiger partial charge in [-0.1, -0.05) is 5.16 Å². The maximum absolute atomic E-state index is 5.45. The molecular weight excluding hydrogens is 348 g/mol. The number of aromatic nitrogens is 4. The van der Waals surface area contributed by atoms with Gasteiger partial charge in [0.1, 0.15) is 17.1 Å². The molecule has 0 amide bonds. The van der Waals surface area contributed by atoms with Gasteiger partial charge in [-0.2, -0.15) is 0 Å². The van der Waals surface area contributed by atoms with Crippen molar-refractivity contribution in [1.29, 1.82) is 0 Å². The molecule has 4 aromatic rings. The third-order valence-electron chi connectivity index (χ3n) is 6.33. The zero-order chi connectivity index (χ0) is 18.8. The quantitative estimate of drug-likeness (QED) is 0.525. The number of nitrogens with one attached hydrogen (secondary N) is 1. The lowest BCUT2D eigenvalue weighted by molar-refractivity contribution is 0.393. The summed E-state index contributed by atoms with van der Waals surface area (Å²) in [4.78, 5) is 8.64. The van der Waals surface area contributed by atoms with Crippen molar-refractivity contribution in [2.24, 2.45) is 0 Å². The Hall–Kier alpha value is -2.82. The van der Waals surface area contributed by atoms with Crippen molar-refractivity contribution in [2.75, 3.05) is 0 Å². The molecule has 2 aliphatic carbocycles. The number of aromatic amines is 1. The van der Waals surface area contributed by atoms with Crippen molar-refractivity contribution in [3.8, 4) is 16.8 Å². The number of fused-ring (bicyclic) bond motifs is 2. The van der Waals surface area contributed by atoms with Gasteiger partial charge < -0.3 is 14.1 Å². The van der Waals surface area contributed by atoms with E-state index in [0.717, 1.165) is 45.9 Å². The van der Waals surface area contributed by atoms with Gasteiger partial charge in [0.2, 0.25) is 0 Å². The fraction of sp³-hybridized carbons (Fsp3) is 0.391. The summed E-state index contributed by atoms with van der Waals surface area (Å²) in [6.07, 6.45) is 9.59. The van der Waals surface area contributed by atoms with Gasteiger partial charge in [-0.05, 0) is 81.7 Å². The van der Waals surface area contributed by atoms with Crippen LogP contribution in [0.4, 0.5) is 0 Å². The van der Waals surface area contributed by atoms with E-state index in [0.29, 0.717) is 5.92 Å². The summed E-state index contributed by atoms with van der Waals surface area (Å²) in [5, 5.41) is 4.17. The summed E-state index contributed by atoms with van der Waals surface area (Å²) in [5.74, 6) is 2.59. The Labute approximate surface area is 163 Å². The number of hydrogen-bond donors (Lipinski definition) is 1. The third kappa shape index (κ3) is 2.38. The highest BCUT2D eigenvalue weighted by Crippen LogP contribution is 2.41. The smallest absolute Gasteiger partial charge is 0.141 e. The first-order chi connectivity index (χ1) is 13.7. The molecule has 2 aliphatic rings. The minimum absolute atomic E-state index is 0.598. The Bertz CT molecular complexity index is 1190. The van der Waals surface area contributed by atoms with Gasteiger partial charge in [0.05, 0.1) is 16.9 Å². The molecule has 0 radical (unpaired) electrons. The Morgan fingerprint density at radius 2 is 2.00 bits per heavy atom. The van der Waals surface area contributed by atoms with E-state index in [2.05, 4.69) is 39.1 Å². The van der Waals surface area contributed by atoms with E-state index in [9.17, 15) is 0 Å². The molecule has 28 heavy (non-hydrogen) atoms. The summed E-state index contributed by atoms with van der Waals surface area (Å²) in [6.45, 7) is 4.00. The molecule has 5 heteroatoms. The normalized spacial score (nSPS) is 16.6. The van der Waals surface area contributed by atoms with Crippen LogP contribution in [0, 0.1) is 13.8 Å². The van der Waals surface area contributed by atoms with E-state index in [1.54, 1.807) is 0 Å². The first-order valence-electron chi connectivity index (χ1n) is 10.4. The molecule has 0 atom stereocenters. The third-order valence-corrected chi connectivity index (χ3v) is 6.33. The highest BCUT2D eigenvalue weighted by atomic mass is 16.5. The van der Waals surface area contributed by atoms with Crippen LogP contribution < -0.4 is 0 Å². The maximum Gasteiger partial charge on any atom is 0.141 e. The largest absolute Gasteiger partial charge is 0.361 e. The molecule has 142 valence electrons. The number of hydrogen-bond acceptors (Lipinski definition) is 3. The van der Waals surface area contributed by atoms with Gasteiger partial charge in [-0.15, -0.1) is 0 Å². The van der Waals surface area contributed by atoms with Crippen LogP contribution in [0.3, 0.4) is 0 Å². The van der Waals surface area contributed by atoms with Crippen LogP contribution in [0.5, 0.6) is 0 Å². The number of imidazole rings is 1. The average molecular weight is 372 g/mol. The van der Waals surface area contributed by atoms with Crippen LogP contribution in [0.2, 0.25) is 0 Å². The monoisotopic (exact) mass is 372 g/mol. The molecule has 0 aliphatic heterocycles. The Kier molecular flexibility index (Phi) is 3.37. The van der Waals surface area contributed by atoms with E-state index in [4.69, 9.17) is 9.51 Å². The maximum atomic E-state index is 5.45. The highest BCUT2D eigenvalue weighted by Gasteiger charge is 2.28. The van der Waals surface area contributed by atoms with Gasteiger partial charge in [-0.3, -0.25) is 0 Å². The van der Waals surface area contributed by atoms with Crippen LogP contribution in [-0.4, -0.2) is 19.7 Å². The average Bonchev–Trinajstić information content (AvgIpc) is 3.17. The second-order valence-corrected chi connectivity index (χ2v) is 8.35. The molecule has 0 bridgehead atoms. The zero-order valence-electron chi connectivity index (χ0n) is 16.4. The first-order valence-corrected chi connectivity index (χ1v) is 10.4. The van der Waals surface area contributed by atoms with E-state index >= 15 is 0 Å². The minimum atomic E-state index is 0.598. The van der Waals surface area contributed by atoms with Crippen molar-refractivity contribution in [1.82, 2.24) is 19.7 Å². The molecule has 1 N–H and O–H groups in total. The number of aryl methyl sites for hydroxylation is 3. The van der Waals surface area contributed by atoms with Crippen LogP contribution >= 0.6 is 0 Å². The van der Waals surface area contributed by atoms with Crippen molar-refractivity contribution < 1.29 is 4.52 Å². The van der Waals surface area contributed by atoms with Crippen LogP contribution in [-0.2, 0) is 12.8 Å². The summed E-state index contributed by atoms with van der Waals surface area (Å²) in [7, 11) is 0. The molecule has 6 rings (SSSR count). The minimum Gasteiger partial charge on any atom is -0.361 e. The predicted molar refractivity (Wildman–Crippen MR) is 109 cm³/mol. The van der Waals surface area contributed by atoms with Gasteiger partial charge in [-0.25, -0.2) is 4.98 Å². The molecule has 5 nitrogen and oxygen atoms in total. The molecule has 0 saturated heterocycles. The van der Waals surface area contributed by atoms with E-state index in [1.165, 1.54) is 49.0 Å². The van der Waals surface area contributed by atoms with Crippen LogP contribution in [0.15, 0.2) is 28.9 Å². The fourth-order valence-electron chi connectivity index (χ4n) is 4.74. The molecule has 1 fully saturated rings. The van der Waals surface area contributed by atoms with Crippen molar-refractivity contribution in [2.45, 2.75) is 58.3 Å². The standard InChI is InChI=1S/C23H24N4O/c1-13-21(14(2)28-26-13)17-11-18-22(25-23(24-18)16-7-8-16)20(12-17)27-10-9-15-5-3-4-6-19(15)27/h9-12,16H,3-8H2,1-2H3,(H,24,25). The molecule has 0 unspecified atom stereocenters. The number of nitrogens with zero attached hydrogens (tertiary/aromatic N) is 3. The second-order valence-electron chi connectivity index (χ2n) is 8.35. The van der Waals surface area contributed by atoms with E-state index in [-0.39, 0.29) is 0 Å². The van der Waals surface area contributed by atoms with Gasteiger partial charge in [0.25, 0.3) is 0 Å². The number of benzene rings is 1. The molecule has 1 saturated carbocycles. The van der Waals surface area contributed by atoms with Crippen LogP contribution in [0.25, 0.3) is 27.8 Å². The Balaban J connectivity index is 1.63. The van der Waals surface area contributed by atoms with Crippen molar-refractivity contribution >= 4 is 11.0 Å². The first kappa shape index (κ1) is 16.2. The summed E-state index contributed by atoms with van der Waals surface area (Å²) >= 11 is 0. The molecular formula is C23H24N4O. The van der Waals surface area contributed by atoms with Gasteiger partial charge >= 0.3 is 0 Å². The van der Waals surface area contributed by atoms with Gasteiger partial charge in [0.15, 0.2) is 0 Å². The molecule has 0 spiro atoms. The Morgan fingerprint density at radius 3 is 2.79 bits per heavy atom. The SMILES string of the molecule is Cc1noc(C)c1-c1cc(-n2ccc3c2CCCC3)c2nc(C3CC3)[nH]c2c1. The highest BCUT2D eigenvalue weighted by molar-refractivity contribution is 5.90.